The van der Waals surface area contributed by atoms with Crippen molar-refractivity contribution in [2.45, 2.75) is 19.4 Å². The molecule has 0 bridgehead atoms. The van der Waals surface area contributed by atoms with Gasteiger partial charge < -0.3 is 24.6 Å². The largest absolute Gasteiger partial charge is 0.496 e. The summed E-state index contributed by atoms with van der Waals surface area (Å²) in [6.07, 6.45) is 0.854. The van der Waals surface area contributed by atoms with E-state index in [-0.39, 0.29) is 23.8 Å². The molecule has 0 aliphatic rings. The first kappa shape index (κ1) is 20.1. The first-order chi connectivity index (χ1) is 13.0. The van der Waals surface area contributed by atoms with Gasteiger partial charge in [0.05, 0.1) is 21.3 Å². The molecule has 0 saturated heterocycles. The number of carboxylic acids is 1. The van der Waals surface area contributed by atoms with Crippen LogP contribution in [0.4, 0.5) is 0 Å². The zero-order valence-corrected chi connectivity index (χ0v) is 15.6. The van der Waals surface area contributed by atoms with Crippen LogP contribution in [0, 0.1) is 0 Å². The molecule has 2 N–H and O–H groups in total. The van der Waals surface area contributed by atoms with Crippen molar-refractivity contribution in [1.29, 1.82) is 0 Å². The third-order valence-electron chi connectivity index (χ3n) is 4.07. The lowest BCUT2D eigenvalue weighted by molar-refractivity contribution is -0.121. The van der Waals surface area contributed by atoms with E-state index in [1.54, 1.807) is 32.4 Å². The summed E-state index contributed by atoms with van der Waals surface area (Å²) in [5.41, 5.74) is 1.71. The van der Waals surface area contributed by atoms with E-state index < -0.39 is 5.97 Å². The molecule has 0 aromatic heterocycles. The molecule has 2 aromatic rings. The zero-order chi connectivity index (χ0) is 19.8. The normalized spacial score (nSPS) is 10.2. The van der Waals surface area contributed by atoms with Gasteiger partial charge in [-0.3, -0.25) is 4.79 Å². The summed E-state index contributed by atoms with van der Waals surface area (Å²) in [6.45, 7) is 0.245. The van der Waals surface area contributed by atoms with Crippen LogP contribution in [0.1, 0.15) is 27.9 Å². The van der Waals surface area contributed by atoms with E-state index in [2.05, 4.69) is 5.32 Å². The number of benzene rings is 2. The molecule has 7 heteroatoms. The summed E-state index contributed by atoms with van der Waals surface area (Å²) in [7, 11) is 4.55. The number of carbonyl (C=O) groups excluding carboxylic acids is 1. The molecule has 0 unspecified atom stereocenters. The van der Waals surface area contributed by atoms with Gasteiger partial charge in [0.15, 0.2) is 11.5 Å². The molecular formula is C20H23NO6. The molecule has 27 heavy (non-hydrogen) atoms. The van der Waals surface area contributed by atoms with Gasteiger partial charge in [-0.2, -0.15) is 0 Å². The van der Waals surface area contributed by atoms with E-state index in [1.807, 2.05) is 12.1 Å². The SMILES string of the molecule is COc1ccc(CCC(=O)NCc2ccc(OC)c(C(=O)O)c2)cc1OC. The lowest BCUT2D eigenvalue weighted by atomic mass is 10.1. The second-order valence-corrected chi connectivity index (χ2v) is 5.81. The van der Waals surface area contributed by atoms with E-state index in [4.69, 9.17) is 14.2 Å². The smallest absolute Gasteiger partial charge is 0.339 e. The maximum absolute atomic E-state index is 12.1. The first-order valence-corrected chi connectivity index (χ1v) is 8.36. The Morgan fingerprint density at radius 2 is 1.52 bits per heavy atom. The minimum absolute atomic E-state index is 0.0644. The number of aryl methyl sites for hydroxylation is 1. The number of nitrogens with one attached hydrogen (secondary N) is 1. The van der Waals surface area contributed by atoms with Gasteiger partial charge in [0.1, 0.15) is 11.3 Å². The standard InChI is InChI=1S/C20H23NO6/c1-25-16-7-5-14(10-15(16)20(23)24)12-21-19(22)9-6-13-4-8-17(26-2)18(11-13)27-3/h4-5,7-8,10-11H,6,9,12H2,1-3H3,(H,21,22)(H,23,24). The monoisotopic (exact) mass is 373 g/mol. The molecule has 0 aliphatic heterocycles. The topological polar surface area (TPSA) is 94.1 Å². The van der Waals surface area contributed by atoms with E-state index in [9.17, 15) is 14.7 Å². The van der Waals surface area contributed by atoms with Crippen molar-refractivity contribution in [3.05, 3.63) is 53.1 Å². The highest BCUT2D eigenvalue weighted by molar-refractivity contribution is 5.91. The van der Waals surface area contributed by atoms with Gasteiger partial charge >= 0.3 is 5.97 Å². The molecule has 0 atom stereocenters. The van der Waals surface area contributed by atoms with Crippen molar-refractivity contribution in [2.24, 2.45) is 0 Å². The lowest BCUT2D eigenvalue weighted by Gasteiger charge is -2.10. The Morgan fingerprint density at radius 3 is 2.15 bits per heavy atom. The summed E-state index contributed by atoms with van der Waals surface area (Å²) in [4.78, 5) is 23.3. The van der Waals surface area contributed by atoms with Crippen molar-refractivity contribution >= 4 is 11.9 Å². The number of hydrogen-bond acceptors (Lipinski definition) is 5. The summed E-state index contributed by atoms with van der Waals surface area (Å²) in [5.74, 6) is 0.339. The number of carboxylic acid groups (broad SMARTS) is 1. The van der Waals surface area contributed by atoms with E-state index in [1.165, 1.54) is 13.2 Å². The van der Waals surface area contributed by atoms with Crippen LogP contribution in [0.5, 0.6) is 17.2 Å². The van der Waals surface area contributed by atoms with Crippen LogP contribution in [0.3, 0.4) is 0 Å². The average molecular weight is 373 g/mol. The van der Waals surface area contributed by atoms with E-state index in [0.29, 0.717) is 29.9 Å². The van der Waals surface area contributed by atoms with Gasteiger partial charge in [-0.15, -0.1) is 0 Å². The number of ether oxygens (including phenoxy) is 3. The third kappa shape index (κ3) is 5.37. The lowest BCUT2D eigenvalue weighted by Crippen LogP contribution is -2.23. The summed E-state index contributed by atoms with van der Waals surface area (Å²) >= 11 is 0. The number of carbonyl (C=O) groups is 2. The van der Waals surface area contributed by atoms with Gasteiger partial charge in [-0.05, 0) is 41.8 Å². The Hall–Kier alpha value is -3.22. The number of hydrogen-bond donors (Lipinski definition) is 2. The van der Waals surface area contributed by atoms with Crippen molar-refractivity contribution in [2.75, 3.05) is 21.3 Å². The third-order valence-corrected chi connectivity index (χ3v) is 4.07. The predicted octanol–water partition coefficient (Wildman–Crippen LogP) is 2.66. The van der Waals surface area contributed by atoms with E-state index >= 15 is 0 Å². The fourth-order valence-electron chi connectivity index (χ4n) is 2.62. The number of aromatic carboxylic acids is 1. The Kier molecular flexibility index (Phi) is 7.05. The maximum Gasteiger partial charge on any atom is 0.339 e. The molecule has 7 nitrogen and oxygen atoms in total. The van der Waals surface area contributed by atoms with Crippen molar-refractivity contribution in [3.8, 4) is 17.2 Å². The van der Waals surface area contributed by atoms with Crippen molar-refractivity contribution in [1.82, 2.24) is 5.32 Å². The molecule has 0 aliphatic carbocycles. The molecular weight excluding hydrogens is 350 g/mol. The Morgan fingerprint density at radius 1 is 0.889 bits per heavy atom. The Balaban J connectivity index is 1.91. The summed E-state index contributed by atoms with van der Waals surface area (Å²) < 4.78 is 15.5. The molecule has 0 heterocycles. The average Bonchev–Trinajstić information content (AvgIpc) is 2.69. The van der Waals surface area contributed by atoms with Gasteiger partial charge in [-0.1, -0.05) is 12.1 Å². The molecule has 144 valence electrons. The molecule has 0 fully saturated rings. The van der Waals surface area contributed by atoms with Gasteiger partial charge in [-0.25, -0.2) is 4.79 Å². The highest BCUT2D eigenvalue weighted by Gasteiger charge is 2.12. The fraction of sp³-hybridized carbons (Fsp3) is 0.300. The minimum atomic E-state index is -1.08. The molecule has 2 aromatic carbocycles. The van der Waals surface area contributed by atoms with Crippen LogP contribution in [0.25, 0.3) is 0 Å². The Labute approximate surface area is 157 Å². The van der Waals surface area contributed by atoms with Crippen molar-refractivity contribution in [3.63, 3.8) is 0 Å². The quantitative estimate of drug-likeness (QED) is 0.702. The van der Waals surface area contributed by atoms with E-state index in [0.717, 1.165) is 5.56 Å². The number of amides is 1. The first-order valence-electron chi connectivity index (χ1n) is 8.36. The highest BCUT2D eigenvalue weighted by Crippen LogP contribution is 2.28. The van der Waals surface area contributed by atoms with Crippen LogP contribution in [-0.4, -0.2) is 38.3 Å². The van der Waals surface area contributed by atoms with Crippen LogP contribution in [-0.2, 0) is 17.8 Å². The van der Waals surface area contributed by atoms with Crippen LogP contribution in [0.15, 0.2) is 36.4 Å². The highest BCUT2D eigenvalue weighted by atomic mass is 16.5. The second kappa shape index (κ2) is 9.47. The molecule has 1 amide bonds. The number of methoxy groups -OCH3 is 3. The molecule has 0 spiro atoms. The van der Waals surface area contributed by atoms with Gasteiger partial charge in [0.25, 0.3) is 0 Å². The molecule has 2 rings (SSSR count). The second-order valence-electron chi connectivity index (χ2n) is 5.81. The Bertz CT molecular complexity index is 818. The van der Waals surface area contributed by atoms with Gasteiger partial charge in [0, 0.05) is 13.0 Å². The summed E-state index contributed by atoms with van der Waals surface area (Å²) in [6, 6.07) is 10.3. The summed E-state index contributed by atoms with van der Waals surface area (Å²) in [5, 5.41) is 12.0. The van der Waals surface area contributed by atoms with Crippen molar-refractivity contribution < 1.29 is 28.9 Å². The maximum atomic E-state index is 12.1. The predicted molar refractivity (Wildman–Crippen MR) is 99.7 cm³/mol. The fourth-order valence-corrected chi connectivity index (χ4v) is 2.62. The molecule has 0 saturated carbocycles. The molecule has 0 radical (unpaired) electrons. The van der Waals surface area contributed by atoms with Crippen LogP contribution in [0.2, 0.25) is 0 Å². The van der Waals surface area contributed by atoms with Crippen LogP contribution >= 0.6 is 0 Å². The van der Waals surface area contributed by atoms with Gasteiger partial charge in [0.2, 0.25) is 5.91 Å². The number of rotatable bonds is 9. The zero-order valence-electron chi connectivity index (χ0n) is 15.6. The van der Waals surface area contributed by atoms with Crippen LogP contribution < -0.4 is 19.5 Å². The minimum Gasteiger partial charge on any atom is -0.496 e.